The van der Waals surface area contributed by atoms with E-state index in [9.17, 15) is 0 Å². The van der Waals surface area contributed by atoms with Gasteiger partial charge >= 0.3 is 0 Å². The monoisotopic (exact) mass is 226 g/mol. The third-order valence-electron chi connectivity index (χ3n) is 4.59. The summed E-state index contributed by atoms with van der Waals surface area (Å²) in [6, 6.07) is 0. The van der Waals surface area contributed by atoms with Crippen molar-refractivity contribution in [2.75, 3.05) is 0 Å². The predicted molar refractivity (Wildman–Crippen MR) is 75.8 cm³/mol. The molecule has 0 rings (SSSR count). The lowest BCUT2D eigenvalue weighted by Gasteiger charge is -2.50. The Bertz CT molecular complexity index is 195. The van der Waals surface area contributed by atoms with E-state index in [-0.39, 0.29) is 0 Å². The molecule has 0 saturated carbocycles. The van der Waals surface area contributed by atoms with Crippen molar-refractivity contribution in [3.8, 4) is 0 Å². The van der Waals surface area contributed by atoms with E-state index in [0.717, 1.165) is 0 Å². The zero-order valence-electron chi connectivity index (χ0n) is 13.0. The third kappa shape index (κ3) is 3.79. The molecule has 0 heteroatoms. The molecule has 0 aliphatic heterocycles. The van der Waals surface area contributed by atoms with Gasteiger partial charge < -0.3 is 0 Å². The normalized spacial score (nSPS) is 17.2. The lowest BCUT2D eigenvalue weighted by atomic mass is 9.55. The first-order valence-electron chi connectivity index (χ1n) is 7.14. The van der Waals surface area contributed by atoms with E-state index in [1.165, 1.54) is 32.1 Å². The molecule has 0 nitrogen and oxygen atoms in total. The van der Waals surface area contributed by atoms with E-state index in [1.807, 2.05) is 0 Å². The van der Waals surface area contributed by atoms with Crippen molar-refractivity contribution in [2.24, 2.45) is 16.2 Å². The molecular weight excluding hydrogens is 192 g/mol. The van der Waals surface area contributed by atoms with Gasteiger partial charge in [0.2, 0.25) is 0 Å². The van der Waals surface area contributed by atoms with Crippen molar-refractivity contribution in [1.82, 2.24) is 0 Å². The lowest BCUT2D eigenvalue weighted by molar-refractivity contribution is 0.00454. The average Bonchev–Trinajstić information content (AvgIpc) is 2.14. The Morgan fingerprint density at radius 3 is 1.50 bits per heavy atom. The molecule has 0 heterocycles. The van der Waals surface area contributed by atoms with Crippen LogP contribution in [-0.4, -0.2) is 0 Å². The van der Waals surface area contributed by atoms with Crippen LogP contribution in [0, 0.1) is 16.2 Å². The highest BCUT2D eigenvalue weighted by Crippen LogP contribution is 2.53. The second-order valence-electron chi connectivity index (χ2n) is 7.36. The minimum absolute atomic E-state index is 0.442. The van der Waals surface area contributed by atoms with Gasteiger partial charge in [0.1, 0.15) is 0 Å². The average molecular weight is 226 g/mol. The van der Waals surface area contributed by atoms with E-state index in [1.54, 1.807) is 0 Å². The van der Waals surface area contributed by atoms with Gasteiger partial charge in [0.05, 0.1) is 0 Å². The van der Waals surface area contributed by atoms with Gasteiger partial charge in [0.15, 0.2) is 0 Å². The fraction of sp³-hybridized carbons (Fsp3) is 1.00. The summed E-state index contributed by atoms with van der Waals surface area (Å²) in [4.78, 5) is 0. The van der Waals surface area contributed by atoms with Gasteiger partial charge in [-0.3, -0.25) is 0 Å². The van der Waals surface area contributed by atoms with Crippen molar-refractivity contribution in [3.63, 3.8) is 0 Å². The summed E-state index contributed by atoms with van der Waals surface area (Å²) in [6.07, 6.45) is 6.65. The van der Waals surface area contributed by atoms with Crippen LogP contribution in [0.4, 0.5) is 0 Å². The molecule has 0 spiro atoms. The van der Waals surface area contributed by atoms with E-state index in [4.69, 9.17) is 0 Å². The Balaban J connectivity index is 5.15. The van der Waals surface area contributed by atoms with Gasteiger partial charge in [-0.15, -0.1) is 0 Å². The first kappa shape index (κ1) is 16.0. The molecule has 0 radical (unpaired) electrons. The summed E-state index contributed by atoms with van der Waals surface area (Å²) in [6.45, 7) is 19.2. The summed E-state index contributed by atoms with van der Waals surface area (Å²) < 4.78 is 0. The third-order valence-corrected chi connectivity index (χ3v) is 4.59. The maximum atomic E-state index is 2.47. The molecule has 0 bridgehead atoms. The van der Waals surface area contributed by atoms with Crippen LogP contribution in [0.1, 0.15) is 87.5 Å². The van der Waals surface area contributed by atoms with E-state index in [0.29, 0.717) is 16.2 Å². The van der Waals surface area contributed by atoms with Gasteiger partial charge in [-0.25, -0.2) is 0 Å². The van der Waals surface area contributed by atoms with Crippen molar-refractivity contribution in [2.45, 2.75) is 87.5 Å². The highest BCUT2D eigenvalue weighted by Gasteiger charge is 2.43. The molecule has 0 aromatic carbocycles. The van der Waals surface area contributed by atoms with Crippen LogP contribution in [0.15, 0.2) is 0 Å². The Morgan fingerprint density at radius 1 is 0.750 bits per heavy atom. The van der Waals surface area contributed by atoms with Crippen LogP contribution in [0.2, 0.25) is 0 Å². The highest BCUT2D eigenvalue weighted by molar-refractivity contribution is 4.93. The summed E-state index contributed by atoms with van der Waals surface area (Å²) in [5.74, 6) is 0. The molecular formula is C16H34. The summed E-state index contributed by atoms with van der Waals surface area (Å²) in [5.41, 5.74) is 1.43. The summed E-state index contributed by atoms with van der Waals surface area (Å²) in [5, 5.41) is 0. The molecule has 1 atom stereocenters. The lowest BCUT2D eigenvalue weighted by Crippen LogP contribution is -2.40. The molecule has 0 aromatic rings. The molecule has 98 valence electrons. The van der Waals surface area contributed by atoms with E-state index in [2.05, 4.69) is 55.4 Å². The van der Waals surface area contributed by atoms with Crippen molar-refractivity contribution in [1.29, 1.82) is 0 Å². The second-order valence-corrected chi connectivity index (χ2v) is 7.36. The van der Waals surface area contributed by atoms with E-state index >= 15 is 0 Å². The summed E-state index contributed by atoms with van der Waals surface area (Å²) >= 11 is 0. The molecule has 0 aromatic heterocycles. The second kappa shape index (κ2) is 5.56. The first-order valence-corrected chi connectivity index (χ1v) is 7.14. The number of hydrogen-bond acceptors (Lipinski definition) is 0. The van der Waals surface area contributed by atoms with Crippen molar-refractivity contribution in [3.05, 3.63) is 0 Å². The zero-order valence-corrected chi connectivity index (χ0v) is 13.0. The molecule has 16 heavy (non-hydrogen) atoms. The maximum Gasteiger partial charge on any atom is -0.0244 e. The highest BCUT2D eigenvalue weighted by atomic mass is 14.5. The molecule has 0 N–H and O–H groups in total. The van der Waals surface area contributed by atoms with Gasteiger partial charge in [0, 0.05) is 0 Å². The molecule has 0 aliphatic carbocycles. The van der Waals surface area contributed by atoms with Crippen LogP contribution >= 0.6 is 0 Å². The van der Waals surface area contributed by atoms with Crippen LogP contribution < -0.4 is 0 Å². The minimum Gasteiger partial charge on any atom is -0.0654 e. The van der Waals surface area contributed by atoms with Crippen molar-refractivity contribution >= 4 is 0 Å². The van der Waals surface area contributed by atoms with Crippen LogP contribution in [0.25, 0.3) is 0 Å². The predicted octanol–water partition coefficient (Wildman–Crippen LogP) is 6.06. The fourth-order valence-corrected chi connectivity index (χ4v) is 3.32. The van der Waals surface area contributed by atoms with Gasteiger partial charge in [0.25, 0.3) is 0 Å². The standard InChI is InChI=1S/C16H34/c1-9-12-16(11-3,13-14(4,5)6)15(7,8)10-2/h9-13H2,1-8H3. The molecule has 0 aliphatic rings. The Morgan fingerprint density at radius 2 is 1.25 bits per heavy atom. The first-order chi connectivity index (χ1) is 7.14. The van der Waals surface area contributed by atoms with Crippen LogP contribution in [0.5, 0.6) is 0 Å². The topological polar surface area (TPSA) is 0 Å². The van der Waals surface area contributed by atoms with Crippen LogP contribution in [0.3, 0.4) is 0 Å². The largest absolute Gasteiger partial charge is 0.0654 e. The molecule has 1 unspecified atom stereocenters. The Hall–Kier alpha value is 0. The molecule has 0 saturated heterocycles. The Kier molecular flexibility index (Phi) is 5.56. The van der Waals surface area contributed by atoms with Gasteiger partial charge in [-0.2, -0.15) is 0 Å². The van der Waals surface area contributed by atoms with Crippen LogP contribution in [-0.2, 0) is 0 Å². The molecule has 0 amide bonds. The van der Waals surface area contributed by atoms with Gasteiger partial charge in [-0.1, -0.05) is 68.2 Å². The number of rotatable bonds is 6. The van der Waals surface area contributed by atoms with Crippen molar-refractivity contribution < 1.29 is 0 Å². The number of hydrogen-bond donors (Lipinski definition) is 0. The quantitative estimate of drug-likeness (QED) is 0.517. The minimum atomic E-state index is 0.442. The smallest absolute Gasteiger partial charge is 0.0244 e. The fourth-order valence-electron chi connectivity index (χ4n) is 3.32. The molecule has 0 fully saturated rings. The SMILES string of the molecule is CCCC(CC)(CC(C)(C)C)C(C)(C)CC. The maximum absolute atomic E-state index is 2.47. The van der Waals surface area contributed by atoms with E-state index < -0.39 is 0 Å². The Labute approximate surface area is 104 Å². The zero-order chi connectivity index (χ0) is 13.0. The summed E-state index contributed by atoms with van der Waals surface area (Å²) in [7, 11) is 0. The van der Waals surface area contributed by atoms with Gasteiger partial charge in [-0.05, 0) is 35.5 Å².